The molecular weight excluding hydrogens is 523 g/mol. The molecule has 39 heavy (non-hydrogen) atoms. The zero-order chi connectivity index (χ0) is 27.7. The fourth-order valence-electron chi connectivity index (χ4n) is 5.25. The summed E-state index contributed by atoms with van der Waals surface area (Å²) in [6.07, 6.45) is 2.94. The van der Waals surface area contributed by atoms with Crippen molar-refractivity contribution >= 4 is 33.5 Å². The fourth-order valence-corrected chi connectivity index (χ4v) is 6.57. The van der Waals surface area contributed by atoms with Gasteiger partial charge in [-0.1, -0.05) is 0 Å². The molecule has 3 N–H and O–H groups in total. The third kappa shape index (κ3) is 5.70. The molecule has 0 aliphatic carbocycles. The van der Waals surface area contributed by atoms with Gasteiger partial charge in [0.25, 0.3) is 10.0 Å². The highest BCUT2D eigenvalue weighted by Crippen LogP contribution is 2.34. The summed E-state index contributed by atoms with van der Waals surface area (Å²) < 4.78 is 41.7. The Kier molecular flexibility index (Phi) is 7.47. The molecular formula is C26H31FN8O3S. The standard InChI is InChI=1S/C26H31FN8O3S/c1-17-9-23(31-21-5-3-20(27)4-6-21)19(12-28)11-22(17)24-16-35(39(37,38)26-14-30-33(2)32-26)8-7-34(24)15-18-10-25(36)29-13-18/h3-6,9,11-12,14,18,24,28,31H,7-8,10,13,15-16H2,1-2H3,(H,29,36)/t18?,24-/m1/s1. The Bertz CT molecular complexity index is 1490. The predicted molar refractivity (Wildman–Crippen MR) is 144 cm³/mol. The lowest BCUT2D eigenvalue weighted by atomic mass is 9.94. The molecule has 2 saturated heterocycles. The second-order valence-electron chi connectivity index (χ2n) is 9.99. The van der Waals surface area contributed by atoms with E-state index in [4.69, 9.17) is 5.41 Å². The minimum absolute atomic E-state index is 0.0268. The van der Waals surface area contributed by atoms with Gasteiger partial charge in [-0.25, -0.2) is 12.8 Å². The summed E-state index contributed by atoms with van der Waals surface area (Å²) in [7, 11) is -2.29. The first-order chi connectivity index (χ1) is 18.6. The summed E-state index contributed by atoms with van der Waals surface area (Å²) in [5.74, 6) is -0.180. The van der Waals surface area contributed by atoms with E-state index < -0.39 is 10.0 Å². The number of amides is 1. The van der Waals surface area contributed by atoms with E-state index in [2.05, 4.69) is 25.7 Å². The van der Waals surface area contributed by atoms with Gasteiger partial charge in [0, 0.05) is 75.4 Å². The molecule has 3 heterocycles. The van der Waals surface area contributed by atoms with Gasteiger partial charge in [-0.05, 0) is 60.4 Å². The normalized spacial score (nSPS) is 20.6. The van der Waals surface area contributed by atoms with Gasteiger partial charge in [-0.15, -0.1) is 5.10 Å². The van der Waals surface area contributed by atoms with Crippen molar-refractivity contribution in [2.75, 3.05) is 38.0 Å². The molecule has 13 heteroatoms. The van der Waals surface area contributed by atoms with Crippen molar-refractivity contribution in [3.8, 4) is 0 Å². The van der Waals surface area contributed by atoms with E-state index in [0.29, 0.717) is 43.0 Å². The number of aryl methyl sites for hydroxylation is 2. The summed E-state index contributed by atoms with van der Waals surface area (Å²) in [6, 6.07) is 9.50. The zero-order valence-corrected chi connectivity index (χ0v) is 22.6. The van der Waals surface area contributed by atoms with E-state index in [0.717, 1.165) is 11.1 Å². The monoisotopic (exact) mass is 554 g/mol. The van der Waals surface area contributed by atoms with Gasteiger partial charge >= 0.3 is 0 Å². The van der Waals surface area contributed by atoms with Crippen LogP contribution in [0, 0.1) is 24.1 Å². The number of carbonyl (C=O) groups is 1. The smallest absolute Gasteiger partial charge is 0.264 e. The van der Waals surface area contributed by atoms with Gasteiger partial charge < -0.3 is 16.0 Å². The highest BCUT2D eigenvalue weighted by molar-refractivity contribution is 7.89. The fraction of sp³-hybridized carbons (Fsp3) is 0.385. The highest BCUT2D eigenvalue weighted by Gasteiger charge is 2.38. The molecule has 0 spiro atoms. The number of nitrogens with one attached hydrogen (secondary N) is 3. The van der Waals surface area contributed by atoms with E-state index in [-0.39, 0.29) is 41.8 Å². The van der Waals surface area contributed by atoms with Crippen LogP contribution >= 0.6 is 0 Å². The Hall–Kier alpha value is -3.68. The van der Waals surface area contributed by atoms with Crippen LogP contribution < -0.4 is 10.6 Å². The van der Waals surface area contributed by atoms with Crippen LogP contribution in [-0.4, -0.2) is 77.5 Å². The van der Waals surface area contributed by atoms with Gasteiger partial charge in [0.15, 0.2) is 0 Å². The molecule has 11 nitrogen and oxygen atoms in total. The summed E-state index contributed by atoms with van der Waals surface area (Å²) in [5.41, 5.74) is 3.81. The quantitative estimate of drug-likeness (QED) is 0.363. The van der Waals surface area contributed by atoms with Crippen LogP contribution in [0.15, 0.2) is 47.6 Å². The van der Waals surface area contributed by atoms with Crippen molar-refractivity contribution in [2.45, 2.75) is 24.4 Å². The van der Waals surface area contributed by atoms with Gasteiger partial charge in [0.2, 0.25) is 10.9 Å². The number of aromatic nitrogens is 3. The van der Waals surface area contributed by atoms with Crippen LogP contribution in [0.1, 0.15) is 29.2 Å². The van der Waals surface area contributed by atoms with Crippen molar-refractivity contribution in [1.82, 2.24) is 29.5 Å². The average Bonchev–Trinajstić information content (AvgIpc) is 3.54. The number of piperazine rings is 1. The topological polar surface area (TPSA) is 136 Å². The third-order valence-electron chi connectivity index (χ3n) is 7.27. The minimum atomic E-state index is -3.86. The average molecular weight is 555 g/mol. The Balaban J connectivity index is 1.48. The van der Waals surface area contributed by atoms with Gasteiger partial charge in [-0.3, -0.25) is 9.69 Å². The number of sulfonamides is 1. The third-order valence-corrected chi connectivity index (χ3v) is 8.99. The maximum Gasteiger partial charge on any atom is 0.264 e. The summed E-state index contributed by atoms with van der Waals surface area (Å²) in [5, 5.41) is 22.1. The maximum atomic E-state index is 13.4. The second kappa shape index (κ2) is 10.8. The molecule has 0 bridgehead atoms. The molecule has 0 radical (unpaired) electrons. The van der Waals surface area contributed by atoms with Gasteiger partial charge in [0.1, 0.15) is 5.82 Å². The lowest BCUT2D eigenvalue weighted by Crippen LogP contribution is -2.51. The number of anilines is 2. The molecule has 3 aromatic rings. The number of hydrogen-bond acceptors (Lipinski definition) is 8. The SMILES string of the molecule is Cc1cc(Nc2ccc(F)cc2)c(C=N)cc1[C@H]1CN(S(=O)(=O)c2cnn(C)n2)CCN1CC1CNC(=O)C1. The molecule has 2 aliphatic heterocycles. The van der Waals surface area contributed by atoms with Gasteiger partial charge in [0.05, 0.1) is 6.20 Å². The van der Waals surface area contributed by atoms with Crippen molar-refractivity contribution in [1.29, 1.82) is 5.41 Å². The number of benzene rings is 2. The van der Waals surface area contributed by atoms with Crippen molar-refractivity contribution in [2.24, 2.45) is 13.0 Å². The lowest BCUT2D eigenvalue weighted by molar-refractivity contribution is -0.119. The number of hydrogen-bond donors (Lipinski definition) is 3. The number of halogens is 1. The van der Waals surface area contributed by atoms with Crippen molar-refractivity contribution < 1.29 is 17.6 Å². The Morgan fingerprint density at radius 1 is 1.23 bits per heavy atom. The lowest BCUT2D eigenvalue weighted by Gasteiger charge is -2.42. The first-order valence-electron chi connectivity index (χ1n) is 12.7. The molecule has 1 aromatic heterocycles. The van der Waals surface area contributed by atoms with Crippen molar-refractivity contribution in [3.05, 3.63) is 65.1 Å². The van der Waals surface area contributed by atoms with Crippen molar-refractivity contribution in [3.63, 3.8) is 0 Å². The van der Waals surface area contributed by atoms with E-state index in [1.165, 1.54) is 33.6 Å². The molecule has 1 amide bonds. The molecule has 2 atom stereocenters. The minimum Gasteiger partial charge on any atom is -0.356 e. The van der Waals surface area contributed by atoms with Crippen LogP contribution in [0.25, 0.3) is 0 Å². The molecule has 2 aromatic carbocycles. The molecule has 5 rings (SSSR count). The highest BCUT2D eigenvalue weighted by atomic mass is 32.2. The Labute approximate surface area is 226 Å². The number of rotatable bonds is 8. The zero-order valence-electron chi connectivity index (χ0n) is 21.8. The summed E-state index contributed by atoms with van der Waals surface area (Å²) in [4.78, 5) is 15.3. The molecule has 1 unspecified atom stereocenters. The van der Waals surface area contributed by atoms with E-state index in [9.17, 15) is 17.6 Å². The molecule has 206 valence electrons. The van der Waals surface area contributed by atoms with Crippen LogP contribution in [0.2, 0.25) is 0 Å². The van der Waals surface area contributed by atoms with Gasteiger partial charge in [-0.2, -0.15) is 14.2 Å². The predicted octanol–water partition coefficient (Wildman–Crippen LogP) is 2.19. The Morgan fingerprint density at radius 3 is 2.64 bits per heavy atom. The first kappa shape index (κ1) is 26.9. The molecule has 0 saturated carbocycles. The number of nitrogens with zero attached hydrogens (tertiary/aromatic N) is 5. The number of carbonyl (C=O) groups excluding carboxylic acids is 1. The second-order valence-corrected chi connectivity index (χ2v) is 11.9. The van der Waals surface area contributed by atoms with Crippen LogP contribution in [0.5, 0.6) is 0 Å². The van der Waals surface area contributed by atoms with E-state index >= 15 is 0 Å². The van der Waals surface area contributed by atoms with E-state index in [1.807, 2.05) is 19.1 Å². The van der Waals surface area contributed by atoms with Crippen LogP contribution in [0.3, 0.4) is 0 Å². The first-order valence-corrected chi connectivity index (χ1v) is 14.1. The summed E-state index contributed by atoms with van der Waals surface area (Å²) >= 11 is 0. The molecule has 2 aliphatic rings. The summed E-state index contributed by atoms with van der Waals surface area (Å²) in [6.45, 7) is 4.13. The van der Waals surface area contributed by atoms with Crippen LogP contribution in [0.4, 0.5) is 15.8 Å². The van der Waals surface area contributed by atoms with E-state index in [1.54, 1.807) is 19.2 Å². The van der Waals surface area contributed by atoms with Crippen LogP contribution in [-0.2, 0) is 21.9 Å². The maximum absolute atomic E-state index is 13.4. The Morgan fingerprint density at radius 2 is 2.00 bits per heavy atom. The largest absolute Gasteiger partial charge is 0.356 e. The molecule has 2 fully saturated rings.